The molecule has 2 nitrogen and oxygen atoms in total. The van der Waals surface area contributed by atoms with Crippen LogP contribution in [0.4, 0.5) is 0 Å². The molecule has 0 atom stereocenters. The van der Waals surface area contributed by atoms with Gasteiger partial charge in [-0.25, -0.2) is 4.98 Å². The zero-order valence-electron chi connectivity index (χ0n) is 29.5. The highest BCUT2D eigenvalue weighted by atomic mass is 15.1. The monoisotopic (exact) mass is 676 g/mol. The van der Waals surface area contributed by atoms with Gasteiger partial charge in [0, 0.05) is 5.69 Å². The number of rotatable bonds is 7. The molecule has 9 aromatic rings. The van der Waals surface area contributed by atoms with Gasteiger partial charge in [-0.1, -0.05) is 157 Å². The van der Waals surface area contributed by atoms with Gasteiger partial charge in [0.1, 0.15) is 5.82 Å². The van der Waals surface area contributed by atoms with Crippen molar-refractivity contribution in [2.45, 2.75) is 10.3 Å². The molecule has 54 heavy (non-hydrogen) atoms. The first-order valence-corrected chi connectivity index (χ1v) is 17.9. The number of hydrogen-bond acceptors (Lipinski definition) is 1. The molecule has 0 saturated heterocycles. The predicted molar refractivity (Wildman–Crippen MR) is 231 cm³/mol. The van der Waals surface area contributed by atoms with Gasteiger partial charge >= 0.3 is 0 Å². The number of imidazole rings is 1. The largest absolute Gasteiger partial charge is 0.297 e. The van der Waals surface area contributed by atoms with Gasteiger partial charge in [-0.3, -0.25) is 4.57 Å². The Morgan fingerprint density at radius 2 is 0.852 bits per heavy atom. The fraction of sp³-hybridized carbons (Fsp3) is 0.0426. The van der Waals surface area contributed by atoms with Crippen LogP contribution in [-0.4, -0.2) is 48.8 Å². The van der Waals surface area contributed by atoms with Crippen molar-refractivity contribution in [1.29, 1.82) is 0 Å². The summed E-state index contributed by atoms with van der Waals surface area (Å²) in [6, 6.07) is 61.5. The second-order valence-corrected chi connectivity index (χ2v) is 13.9. The van der Waals surface area contributed by atoms with E-state index in [0.717, 1.165) is 27.9 Å². The van der Waals surface area contributed by atoms with Gasteiger partial charge in [0.15, 0.2) is 0 Å². The van der Waals surface area contributed by atoms with Crippen LogP contribution in [0.2, 0.25) is 5.11 Å². The fourth-order valence-electron chi connectivity index (χ4n) is 7.69. The molecule has 0 aliphatic carbocycles. The Balaban J connectivity index is 1.13. The summed E-state index contributed by atoms with van der Waals surface area (Å²) in [6.07, 6.45) is 0. The zero-order chi connectivity index (χ0) is 37.0. The predicted octanol–water partition coefficient (Wildman–Crippen LogP) is 10.1. The van der Waals surface area contributed by atoms with E-state index < -0.39 is 10.3 Å². The van der Waals surface area contributed by atoms with E-state index in [4.69, 9.17) is 44.2 Å². The molecule has 0 amide bonds. The van der Waals surface area contributed by atoms with E-state index in [-0.39, 0.29) is 5.82 Å². The number of fused-ring (bicyclic) bond motifs is 3. The van der Waals surface area contributed by atoms with E-state index in [1.807, 2.05) is 41.0 Å². The van der Waals surface area contributed by atoms with E-state index in [2.05, 4.69) is 140 Å². The van der Waals surface area contributed by atoms with Gasteiger partial charge in [0.05, 0.1) is 50.3 Å². The molecule has 1 heterocycles. The molecule has 0 fully saturated rings. The lowest BCUT2D eigenvalue weighted by atomic mass is 9.23. The minimum absolute atomic E-state index is 0.266. The third-order valence-electron chi connectivity index (χ3n) is 10.5. The molecule has 0 aliphatic heterocycles. The van der Waals surface area contributed by atoms with Gasteiger partial charge in [-0.15, -0.1) is 5.11 Å². The van der Waals surface area contributed by atoms with Crippen molar-refractivity contribution < 1.29 is 0 Å². The molecule has 0 saturated carbocycles. The van der Waals surface area contributed by atoms with Crippen molar-refractivity contribution in [3.05, 3.63) is 182 Å². The summed E-state index contributed by atoms with van der Waals surface area (Å²) in [5, 5.41) is 1.12. The van der Waals surface area contributed by atoms with Crippen molar-refractivity contribution in [3.8, 4) is 50.2 Å². The van der Waals surface area contributed by atoms with Crippen LogP contribution in [0.5, 0.6) is 0 Å². The first-order chi connectivity index (χ1) is 26.2. The highest BCUT2D eigenvalue weighted by Crippen LogP contribution is 2.46. The summed E-state index contributed by atoms with van der Waals surface area (Å²) in [4.78, 5) is 4.70. The number of nitrogens with zero attached hydrogens (tertiary/aromatic N) is 2. The molecular weight excluding hydrogens is 647 g/mol. The van der Waals surface area contributed by atoms with Crippen LogP contribution < -0.4 is 0 Å². The molecule has 10 radical (unpaired) electrons. The summed E-state index contributed by atoms with van der Waals surface area (Å²) in [5.41, 5.74) is 11.7. The fourth-order valence-corrected chi connectivity index (χ4v) is 7.69. The van der Waals surface area contributed by atoms with Crippen LogP contribution in [0.15, 0.2) is 176 Å². The number of para-hydroxylation sites is 2. The summed E-state index contributed by atoms with van der Waals surface area (Å²) in [6.45, 7) is 0. The molecule has 0 N–H and O–H groups in total. The van der Waals surface area contributed by atoms with Crippen molar-refractivity contribution in [1.82, 2.24) is 9.55 Å². The van der Waals surface area contributed by atoms with Crippen molar-refractivity contribution >= 4 is 71.8 Å². The highest BCUT2D eigenvalue weighted by molar-refractivity contribution is 6.67. The third-order valence-corrected chi connectivity index (χ3v) is 10.5. The van der Waals surface area contributed by atoms with Crippen molar-refractivity contribution in [2.24, 2.45) is 0 Å². The van der Waals surface area contributed by atoms with Gasteiger partial charge in [-0.2, -0.15) is 0 Å². The van der Waals surface area contributed by atoms with Crippen LogP contribution in [0, 0.1) is 0 Å². The third kappa shape index (κ3) is 5.62. The lowest BCUT2D eigenvalue weighted by Gasteiger charge is -2.41. The van der Waals surface area contributed by atoms with E-state index in [9.17, 15) is 0 Å². The van der Waals surface area contributed by atoms with Crippen molar-refractivity contribution in [2.75, 3.05) is 0 Å². The van der Waals surface area contributed by atoms with E-state index >= 15 is 0 Å². The molecule has 0 bridgehead atoms. The lowest BCUT2D eigenvalue weighted by molar-refractivity contribution is 0.757. The molecule has 0 unspecified atom stereocenters. The molecule has 7 heteroatoms. The molecule has 9 rings (SSSR count). The standard InChI is InChI=1S/C47H29B5N2/c48-46(49,47(50,51)52)45-53-41-20-10-11-21-42(41)54(45)34-28-26-31(27-29-34)30-22-24-33(25-23-30)43-37-16-6-8-18-39(37)44(40-19-9-7-17-38(40)43)36-15-5-4-14-35(36)32-12-2-1-3-13-32/h1-29H. The average molecular weight is 676 g/mol. The first-order valence-electron chi connectivity index (χ1n) is 17.9. The van der Waals surface area contributed by atoms with Crippen molar-refractivity contribution in [3.63, 3.8) is 0 Å². The smallest absolute Gasteiger partial charge is 0.101 e. The van der Waals surface area contributed by atoms with Gasteiger partial charge in [-0.05, 0) is 90.3 Å². The van der Waals surface area contributed by atoms with E-state index in [1.165, 1.54) is 49.4 Å². The number of aromatic nitrogens is 2. The van der Waals surface area contributed by atoms with Crippen LogP contribution in [0.25, 0.3) is 82.8 Å². The maximum absolute atomic E-state index is 6.46. The van der Waals surface area contributed by atoms with Crippen LogP contribution in [0.3, 0.4) is 0 Å². The molecule has 8 aromatic carbocycles. The molecule has 1 aromatic heterocycles. The van der Waals surface area contributed by atoms with Crippen LogP contribution in [-0.2, 0) is 5.21 Å². The average Bonchev–Trinajstić information content (AvgIpc) is 3.61. The molecule has 242 valence electrons. The Bertz CT molecular complexity index is 2760. The Hall–Kier alpha value is -5.93. The lowest BCUT2D eigenvalue weighted by Crippen LogP contribution is -2.45. The van der Waals surface area contributed by atoms with Gasteiger partial charge in [0.25, 0.3) is 0 Å². The molecular formula is C47H29B5N2. The summed E-state index contributed by atoms with van der Waals surface area (Å²) in [5.74, 6) is 0.266. The highest BCUT2D eigenvalue weighted by Gasteiger charge is 2.36. The van der Waals surface area contributed by atoms with Crippen LogP contribution in [0.1, 0.15) is 5.82 Å². The first kappa shape index (κ1) is 33.9. The summed E-state index contributed by atoms with van der Waals surface area (Å²) >= 11 is 0. The van der Waals surface area contributed by atoms with E-state index in [1.54, 1.807) is 0 Å². The molecule has 0 spiro atoms. The molecule has 0 aliphatic rings. The number of benzene rings is 8. The Labute approximate surface area is 322 Å². The quantitative estimate of drug-likeness (QED) is 0.121. The maximum atomic E-state index is 6.46. The van der Waals surface area contributed by atoms with Gasteiger partial charge in [0.2, 0.25) is 0 Å². The Kier molecular flexibility index (Phi) is 8.27. The SMILES string of the molecule is [B]C([B])([B])C([B])([B])c1nc2ccccc2n1-c1ccc(-c2ccc(-c3c4ccccc4c(-c4ccccc4-c4ccccc4)c4ccccc34)cc2)cc1. The maximum Gasteiger partial charge on any atom is 0.101 e. The van der Waals surface area contributed by atoms with E-state index in [0.29, 0.717) is 5.52 Å². The topological polar surface area (TPSA) is 17.8 Å². The number of hydrogen-bond donors (Lipinski definition) is 0. The summed E-state index contributed by atoms with van der Waals surface area (Å²) in [7, 11) is 31.0. The van der Waals surface area contributed by atoms with Crippen LogP contribution >= 0.6 is 0 Å². The Morgan fingerprint density at radius 1 is 0.389 bits per heavy atom. The zero-order valence-corrected chi connectivity index (χ0v) is 29.5. The second kappa shape index (κ2) is 13.2. The normalized spacial score (nSPS) is 12.1. The Morgan fingerprint density at radius 3 is 1.44 bits per heavy atom. The minimum Gasteiger partial charge on any atom is -0.297 e. The second-order valence-electron chi connectivity index (χ2n) is 13.9. The summed E-state index contributed by atoms with van der Waals surface area (Å²) < 4.78 is 1.86. The van der Waals surface area contributed by atoms with Gasteiger partial charge < -0.3 is 0 Å². The minimum atomic E-state index is -1.92.